The fourth-order valence-corrected chi connectivity index (χ4v) is 5.36. The van der Waals surface area contributed by atoms with Crippen LogP contribution in [0, 0.1) is 0 Å². The highest BCUT2D eigenvalue weighted by molar-refractivity contribution is 7.88. The molecule has 0 radical (unpaired) electrons. The van der Waals surface area contributed by atoms with Gasteiger partial charge in [-0.05, 0) is 88.1 Å². The van der Waals surface area contributed by atoms with E-state index in [1.807, 2.05) is 30.3 Å². The highest BCUT2D eigenvalue weighted by atomic mass is 32.2. The number of aromatic hydroxyl groups is 1. The molecule has 4 aromatic rings. The molecule has 4 aromatic carbocycles. The summed E-state index contributed by atoms with van der Waals surface area (Å²) in [5.41, 5.74) is -4.37. The van der Waals surface area contributed by atoms with Gasteiger partial charge in [-0.3, -0.25) is 0 Å². The number of ether oxygens (including phenoxy) is 4. The van der Waals surface area contributed by atoms with Gasteiger partial charge < -0.3 is 38.9 Å². The number of esters is 2. The molecule has 2 amide bonds. The van der Waals surface area contributed by atoms with Crippen molar-refractivity contribution in [3.63, 3.8) is 0 Å². The molecule has 0 aliphatic rings. The number of alkyl halides is 3. The number of benzene rings is 4. The predicted octanol–water partition coefficient (Wildman–Crippen LogP) is 7.67. The van der Waals surface area contributed by atoms with Crippen LogP contribution in [-0.2, 0) is 64.7 Å². The lowest BCUT2D eigenvalue weighted by Gasteiger charge is -2.24. The third-order valence-corrected chi connectivity index (χ3v) is 8.60. The lowest BCUT2D eigenvalue weighted by Crippen LogP contribution is -2.45. The van der Waals surface area contributed by atoms with Crippen molar-refractivity contribution < 1.29 is 69.0 Å². The molecule has 330 valence electrons. The van der Waals surface area contributed by atoms with Crippen LogP contribution in [0.5, 0.6) is 11.5 Å². The van der Waals surface area contributed by atoms with Crippen LogP contribution in [0.25, 0.3) is 0 Å². The Morgan fingerprint density at radius 3 is 1.28 bits per heavy atom. The second kappa shape index (κ2) is 21.8. The van der Waals surface area contributed by atoms with Crippen molar-refractivity contribution >= 4 is 34.2 Å². The Morgan fingerprint density at radius 2 is 0.934 bits per heavy atom. The van der Waals surface area contributed by atoms with Crippen molar-refractivity contribution in [2.24, 2.45) is 0 Å². The molecule has 0 aliphatic carbocycles. The fourth-order valence-electron chi connectivity index (χ4n) is 4.90. The topological polar surface area (TPSA) is 193 Å². The smallest absolute Gasteiger partial charge is 0.508 e. The van der Waals surface area contributed by atoms with Crippen LogP contribution >= 0.6 is 0 Å². The molecule has 0 fully saturated rings. The van der Waals surface area contributed by atoms with Crippen molar-refractivity contribution in [1.82, 2.24) is 10.6 Å². The van der Waals surface area contributed by atoms with Gasteiger partial charge in [-0.15, -0.1) is 0 Å². The zero-order chi connectivity index (χ0) is 45.4. The first-order chi connectivity index (χ1) is 28.4. The minimum atomic E-state index is -5.81. The van der Waals surface area contributed by atoms with E-state index in [1.165, 1.54) is 24.3 Å². The maximum atomic E-state index is 12.6. The first-order valence-corrected chi connectivity index (χ1v) is 20.1. The summed E-state index contributed by atoms with van der Waals surface area (Å²) in [6.45, 7) is 10.3. The number of hydrogen-bond donors (Lipinski definition) is 3. The average molecular weight is 875 g/mol. The van der Waals surface area contributed by atoms with Crippen molar-refractivity contribution in [2.45, 2.75) is 96.4 Å². The summed E-state index contributed by atoms with van der Waals surface area (Å²) in [5, 5.41) is 14.4. The summed E-state index contributed by atoms with van der Waals surface area (Å²) in [7, 11) is -5.81. The van der Waals surface area contributed by atoms with Gasteiger partial charge in [0.25, 0.3) is 0 Å². The van der Waals surface area contributed by atoms with Crippen LogP contribution in [0.15, 0.2) is 109 Å². The molecule has 4 rings (SSSR count). The maximum Gasteiger partial charge on any atom is 0.534 e. The van der Waals surface area contributed by atoms with Gasteiger partial charge in [0.05, 0.1) is 0 Å². The van der Waals surface area contributed by atoms with Gasteiger partial charge in [-0.25, -0.2) is 19.2 Å². The van der Waals surface area contributed by atoms with Crippen LogP contribution in [-0.4, -0.2) is 66.4 Å². The zero-order valence-electron chi connectivity index (χ0n) is 34.4. The molecule has 3 N–H and O–H groups in total. The van der Waals surface area contributed by atoms with E-state index in [2.05, 4.69) is 14.8 Å². The standard InChI is InChI=1S/C22H24F3NO7S.C21H25NO5/c1-21(2,3)32-19(27)18(26-20(28)31-14-16-7-5-4-6-8-16)13-15-9-11-17(12-10-15)33-34(29,30)22(23,24)25;1-21(2,3)27-19(24)18(13-15-9-11-17(23)12-10-15)22-20(25)26-14-16-7-5-4-6-8-16/h4-12,18H,13-14H2,1-3H3,(H,26,28);4-12,18,23H,13-14H2,1-3H3,(H,22,25)/t2*18-/m00/s1. The quantitative estimate of drug-likeness (QED) is 0.0486. The van der Waals surface area contributed by atoms with Gasteiger partial charge in [0.15, 0.2) is 0 Å². The molecule has 0 aliphatic heterocycles. The SMILES string of the molecule is CC(C)(C)OC(=O)[C@H](Cc1ccc(O)cc1)NC(=O)OCc1ccccc1.CC(C)(C)OC(=O)[C@H](Cc1ccc(OS(=O)(=O)C(F)(F)F)cc1)NC(=O)OCc1ccccc1. The number of halogens is 3. The van der Waals surface area contributed by atoms with Crippen LogP contribution in [0.3, 0.4) is 0 Å². The number of rotatable bonds is 14. The van der Waals surface area contributed by atoms with Crippen molar-refractivity contribution in [3.8, 4) is 11.5 Å². The number of carbonyl (C=O) groups excluding carboxylic acids is 4. The third-order valence-electron chi connectivity index (χ3n) is 7.62. The van der Waals surface area contributed by atoms with Gasteiger partial charge >= 0.3 is 39.8 Å². The Balaban J connectivity index is 0.000000334. The molecule has 0 saturated heterocycles. The average Bonchev–Trinajstić information content (AvgIpc) is 3.16. The van der Waals surface area contributed by atoms with E-state index in [4.69, 9.17) is 18.9 Å². The molecule has 18 heteroatoms. The Morgan fingerprint density at radius 1 is 0.574 bits per heavy atom. The van der Waals surface area contributed by atoms with Gasteiger partial charge in [-0.2, -0.15) is 21.6 Å². The number of carbonyl (C=O) groups is 4. The molecular weight excluding hydrogens is 826 g/mol. The van der Waals surface area contributed by atoms with Crippen molar-refractivity contribution in [3.05, 3.63) is 131 Å². The zero-order valence-corrected chi connectivity index (χ0v) is 35.2. The van der Waals surface area contributed by atoms with E-state index in [0.717, 1.165) is 28.8 Å². The molecule has 0 unspecified atom stereocenters. The van der Waals surface area contributed by atoms with Crippen LogP contribution in [0.2, 0.25) is 0 Å². The third kappa shape index (κ3) is 18.7. The monoisotopic (exact) mass is 874 g/mol. The Labute approximate surface area is 352 Å². The van der Waals surface area contributed by atoms with Crippen LogP contribution in [0.1, 0.15) is 63.8 Å². The molecule has 0 aromatic heterocycles. The molecule has 0 heterocycles. The summed E-state index contributed by atoms with van der Waals surface area (Å²) in [5.74, 6) is -1.75. The number of hydrogen-bond acceptors (Lipinski definition) is 12. The normalized spacial score (nSPS) is 12.6. The second-order valence-corrected chi connectivity index (χ2v) is 16.8. The number of nitrogens with one attached hydrogen (secondary N) is 2. The lowest BCUT2D eigenvalue weighted by molar-refractivity contribution is -0.158. The summed E-state index contributed by atoms with van der Waals surface area (Å²) in [6.07, 6.45) is -1.47. The molecule has 2 atom stereocenters. The highest BCUT2D eigenvalue weighted by Crippen LogP contribution is 2.27. The molecule has 14 nitrogen and oxygen atoms in total. The maximum absolute atomic E-state index is 12.6. The number of phenols is 1. The van der Waals surface area contributed by atoms with E-state index in [0.29, 0.717) is 5.56 Å². The molecule has 0 spiro atoms. The van der Waals surface area contributed by atoms with E-state index < -0.39 is 68.8 Å². The molecule has 0 saturated carbocycles. The van der Waals surface area contributed by atoms with Crippen molar-refractivity contribution in [1.29, 1.82) is 0 Å². The lowest BCUT2D eigenvalue weighted by atomic mass is 10.1. The largest absolute Gasteiger partial charge is 0.534 e. The van der Waals surface area contributed by atoms with Gasteiger partial charge in [0, 0.05) is 12.8 Å². The summed E-state index contributed by atoms with van der Waals surface area (Å²) < 4.78 is 84.8. The predicted molar refractivity (Wildman–Crippen MR) is 216 cm³/mol. The van der Waals surface area contributed by atoms with Crippen LogP contribution < -0.4 is 14.8 Å². The molecule has 0 bridgehead atoms. The molecular formula is C43H49F3N2O12S. The van der Waals surface area contributed by atoms with E-state index >= 15 is 0 Å². The first-order valence-electron chi connectivity index (χ1n) is 18.7. The Hall–Kier alpha value is -6.30. The number of alkyl carbamates (subject to hydrolysis) is 2. The van der Waals surface area contributed by atoms with Gasteiger partial charge in [0.1, 0.15) is 48.0 Å². The first kappa shape index (κ1) is 49.1. The minimum absolute atomic E-state index is 0.0343. The van der Waals surface area contributed by atoms with Crippen molar-refractivity contribution in [2.75, 3.05) is 0 Å². The molecule has 61 heavy (non-hydrogen) atoms. The minimum Gasteiger partial charge on any atom is -0.508 e. The summed E-state index contributed by atoms with van der Waals surface area (Å²) in [4.78, 5) is 49.5. The Kier molecular flexibility index (Phi) is 17.5. The van der Waals surface area contributed by atoms with Gasteiger partial charge in [-0.1, -0.05) is 84.9 Å². The van der Waals surface area contributed by atoms with E-state index in [9.17, 15) is 45.9 Å². The Bertz CT molecular complexity index is 2140. The van der Waals surface area contributed by atoms with Crippen LogP contribution in [0.4, 0.5) is 22.8 Å². The van der Waals surface area contributed by atoms with E-state index in [1.54, 1.807) is 84.0 Å². The number of phenolic OH excluding ortho intramolecular Hbond substituents is 1. The summed E-state index contributed by atoms with van der Waals surface area (Å²) in [6, 6.07) is 26.9. The number of amides is 2. The van der Waals surface area contributed by atoms with Gasteiger partial charge in [0.2, 0.25) is 0 Å². The second-order valence-electron chi connectivity index (χ2n) is 15.3. The van der Waals surface area contributed by atoms with E-state index in [-0.39, 0.29) is 31.8 Å². The summed E-state index contributed by atoms with van der Waals surface area (Å²) >= 11 is 0. The fraction of sp³-hybridized carbons (Fsp3) is 0.349. The highest BCUT2D eigenvalue weighted by Gasteiger charge is 2.48.